The highest BCUT2D eigenvalue weighted by Crippen LogP contribution is 2.47. The molecule has 5 atom stereocenters. The van der Waals surface area contributed by atoms with Crippen molar-refractivity contribution in [2.45, 2.75) is 120 Å². The zero-order valence-corrected chi connectivity index (χ0v) is 31.2. The molecule has 13 heteroatoms. The number of nitrogens with zero attached hydrogens (tertiary/aromatic N) is 3. The minimum absolute atomic E-state index is 0.0337. The van der Waals surface area contributed by atoms with E-state index in [9.17, 15) is 22.8 Å². The summed E-state index contributed by atoms with van der Waals surface area (Å²) in [7, 11) is -3.94. The van der Waals surface area contributed by atoms with Gasteiger partial charge >= 0.3 is 0 Å². The summed E-state index contributed by atoms with van der Waals surface area (Å²) in [5.74, 6) is -1.85. The highest BCUT2D eigenvalue weighted by molar-refractivity contribution is 7.91. The van der Waals surface area contributed by atoms with Crippen LogP contribution in [0.25, 0.3) is 11.0 Å². The quantitative estimate of drug-likeness (QED) is 0.270. The summed E-state index contributed by atoms with van der Waals surface area (Å²) in [6, 6.07) is 14.5. The smallest absolute Gasteiger partial charge is 0.297 e. The van der Waals surface area contributed by atoms with Crippen LogP contribution in [0.5, 0.6) is 6.01 Å². The van der Waals surface area contributed by atoms with Crippen molar-refractivity contribution in [3.05, 3.63) is 66.2 Å². The van der Waals surface area contributed by atoms with Gasteiger partial charge in [-0.15, -0.1) is 0 Å². The first-order valence-corrected chi connectivity index (χ1v) is 20.1. The summed E-state index contributed by atoms with van der Waals surface area (Å²) in [6.07, 6.45) is 8.70. The molecule has 0 unspecified atom stereocenters. The summed E-state index contributed by atoms with van der Waals surface area (Å²) >= 11 is 0. The molecule has 278 valence electrons. The third-order valence-corrected chi connectivity index (χ3v) is 13.4. The fraction of sp³-hybridized carbons (Fsp3) is 0.538. The van der Waals surface area contributed by atoms with Gasteiger partial charge in [0.15, 0.2) is 0 Å². The van der Waals surface area contributed by atoms with Crippen LogP contribution in [0.15, 0.2) is 60.7 Å². The summed E-state index contributed by atoms with van der Waals surface area (Å²) < 4.78 is 36.2. The molecule has 12 nitrogen and oxygen atoms in total. The Balaban J connectivity index is 1.21. The molecule has 1 aromatic heterocycles. The Labute approximate surface area is 305 Å². The number of nitrogens with one attached hydrogen (secondary N) is 3. The minimum atomic E-state index is -3.94. The van der Waals surface area contributed by atoms with Crippen LogP contribution in [-0.4, -0.2) is 75.6 Å². The van der Waals surface area contributed by atoms with E-state index < -0.39 is 50.3 Å². The number of aryl methyl sites for hydroxylation is 1. The number of imidazole rings is 1. The van der Waals surface area contributed by atoms with Gasteiger partial charge in [0, 0.05) is 24.1 Å². The Hall–Kier alpha value is -4.39. The molecule has 3 aromatic rings. The van der Waals surface area contributed by atoms with Crippen LogP contribution in [-0.2, 0) is 24.4 Å². The minimum Gasteiger partial charge on any atom is -0.459 e. The maximum absolute atomic E-state index is 14.6. The van der Waals surface area contributed by atoms with E-state index in [0.717, 1.165) is 48.0 Å². The van der Waals surface area contributed by atoms with Crippen LogP contribution in [0.3, 0.4) is 0 Å². The van der Waals surface area contributed by atoms with Crippen molar-refractivity contribution in [2.24, 2.45) is 5.92 Å². The number of anilines is 1. The zero-order chi connectivity index (χ0) is 36.8. The molecular weight excluding hydrogens is 681 g/mol. The second kappa shape index (κ2) is 13.9. The van der Waals surface area contributed by atoms with E-state index in [-0.39, 0.29) is 37.3 Å². The van der Waals surface area contributed by atoms with Crippen LogP contribution in [0.2, 0.25) is 0 Å². The van der Waals surface area contributed by atoms with Gasteiger partial charge in [0.1, 0.15) is 23.7 Å². The standard InChI is InChI=1S/C39H50N6O6S/c1-25(2)45-32-18-17-26(3)21-31(32)41-37(45)51-29-22-33-34(46)42-39(36(48)43-52(49,50)38(4)19-20-38)23-27(39)13-9-6-5-7-12-16-30(35(47)44(33)24-29)40-28-14-10-8-11-15-28/h8-11,13-15,17-18,21,25,27,29-30,33,40H,5-7,12,16,19-20,22-24H2,1-4H3,(H,42,46)(H,43,48)/b13-9-/t27-,29-,30+,33+,39-/m1/s1. The highest BCUT2D eigenvalue weighted by atomic mass is 32.2. The molecule has 0 spiro atoms. The monoisotopic (exact) mass is 730 g/mol. The van der Waals surface area contributed by atoms with E-state index in [1.54, 1.807) is 11.8 Å². The molecule has 52 heavy (non-hydrogen) atoms. The van der Waals surface area contributed by atoms with Crippen LogP contribution in [0.1, 0.15) is 90.2 Å². The molecule has 1 saturated heterocycles. The number of allylic oxidation sites excluding steroid dienone is 1. The average molecular weight is 731 g/mol. The average Bonchev–Trinajstić information content (AvgIpc) is 3.92. The van der Waals surface area contributed by atoms with Crippen LogP contribution >= 0.6 is 0 Å². The van der Waals surface area contributed by atoms with E-state index in [1.807, 2.05) is 72.2 Å². The van der Waals surface area contributed by atoms with Crippen molar-refractivity contribution in [3.63, 3.8) is 0 Å². The molecule has 3 amide bonds. The summed E-state index contributed by atoms with van der Waals surface area (Å²) in [6.45, 7) is 7.88. The topological polar surface area (TPSA) is 152 Å². The molecule has 3 N–H and O–H groups in total. The number of para-hydroxylation sites is 1. The Bertz CT molecular complexity index is 1990. The normalized spacial score (nSPS) is 28.2. The van der Waals surface area contributed by atoms with Crippen molar-refractivity contribution in [2.75, 3.05) is 11.9 Å². The van der Waals surface area contributed by atoms with Gasteiger partial charge in [-0.05, 0) is 96.0 Å². The first kappa shape index (κ1) is 36.0. The van der Waals surface area contributed by atoms with Gasteiger partial charge in [0.25, 0.3) is 11.9 Å². The maximum atomic E-state index is 14.6. The number of hydrogen-bond acceptors (Lipinski definition) is 8. The summed E-state index contributed by atoms with van der Waals surface area (Å²) in [5, 5.41) is 6.40. The van der Waals surface area contributed by atoms with Crippen molar-refractivity contribution >= 4 is 44.5 Å². The van der Waals surface area contributed by atoms with E-state index in [0.29, 0.717) is 25.3 Å². The Morgan fingerprint density at radius 1 is 1.08 bits per heavy atom. The first-order chi connectivity index (χ1) is 24.8. The number of fused-ring (bicyclic) bond motifs is 3. The molecule has 0 bridgehead atoms. The fourth-order valence-corrected chi connectivity index (χ4v) is 8.91. The Morgan fingerprint density at radius 2 is 1.85 bits per heavy atom. The van der Waals surface area contributed by atoms with E-state index in [2.05, 4.69) is 29.2 Å². The van der Waals surface area contributed by atoms with Crippen LogP contribution in [0.4, 0.5) is 5.69 Å². The third-order valence-electron chi connectivity index (χ3n) is 11.2. The number of carbonyl (C=O) groups is 3. The summed E-state index contributed by atoms with van der Waals surface area (Å²) in [5.41, 5.74) is 2.17. The van der Waals surface area contributed by atoms with Crippen molar-refractivity contribution in [1.29, 1.82) is 0 Å². The Kier molecular flexibility index (Phi) is 9.60. The van der Waals surface area contributed by atoms with Gasteiger partial charge in [-0.2, -0.15) is 4.98 Å². The zero-order valence-electron chi connectivity index (χ0n) is 30.4. The van der Waals surface area contributed by atoms with E-state index in [1.165, 1.54) is 0 Å². The lowest BCUT2D eigenvalue weighted by Gasteiger charge is -2.30. The van der Waals surface area contributed by atoms with Gasteiger partial charge in [0.05, 0.1) is 22.3 Å². The van der Waals surface area contributed by atoms with Gasteiger partial charge in [0.2, 0.25) is 21.8 Å². The highest BCUT2D eigenvalue weighted by Gasteiger charge is 2.63. The molecule has 4 aliphatic rings. The number of rotatable bonds is 8. The lowest BCUT2D eigenvalue weighted by Crippen LogP contribution is -2.58. The molecule has 3 fully saturated rings. The predicted octanol–water partition coefficient (Wildman–Crippen LogP) is 5.15. The van der Waals surface area contributed by atoms with Gasteiger partial charge in [-0.25, -0.2) is 8.42 Å². The molecule has 2 saturated carbocycles. The number of sulfonamides is 1. The Morgan fingerprint density at radius 3 is 2.58 bits per heavy atom. The molecule has 3 heterocycles. The van der Waals surface area contributed by atoms with E-state index in [4.69, 9.17) is 9.72 Å². The molecule has 2 aromatic carbocycles. The van der Waals surface area contributed by atoms with Gasteiger partial charge < -0.3 is 20.3 Å². The van der Waals surface area contributed by atoms with Crippen LogP contribution < -0.4 is 20.1 Å². The molecule has 7 rings (SSSR count). The van der Waals surface area contributed by atoms with Crippen molar-refractivity contribution in [1.82, 2.24) is 24.5 Å². The molecule has 0 radical (unpaired) electrons. The molecule has 2 aliphatic heterocycles. The fourth-order valence-electron chi connectivity index (χ4n) is 7.60. The van der Waals surface area contributed by atoms with Crippen molar-refractivity contribution < 1.29 is 27.5 Å². The lowest BCUT2D eigenvalue weighted by atomic mass is 10.0. The second-order valence-electron chi connectivity index (χ2n) is 15.6. The van der Waals surface area contributed by atoms with Crippen molar-refractivity contribution in [3.8, 4) is 6.01 Å². The largest absolute Gasteiger partial charge is 0.459 e. The SMILES string of the molecule is Cc1ccc2c(c1)nc(O[C@@H]1C[C@H]3C(=O)N[C@]4(C(=O)NS(=O)(=O)C5(C)CC5)C[C@H]4/C=C\CCCCC[C@H](Nc4ccccc4)C(=O)N3C1)n2C(C)C. The predicted molar refractivity (Wildman–Crippen MR) is 199 cm³/mol. The third kappa shape index (κ3) is 7.03. The first-order valence-electron chi connectivity index (χ1n) is 18.6. The number of aromatic nitrogens is 2. The van der Waals surface area contributed by atoms with Gasteiger partial charge in [-0.3, -0.25) is 23.7 Å². The summed E-state index contributed by atoms with van der Waals surface area (Å²) in [4.78, 5) is 49.3. The lowest BCUT2D eigenvalue weighted by molar-refractivity contribution is -0.140. The second-order valence-corrected chi connectivity index (χ2v) is 17.8. The number of ether oxygens (including phenoxy) is 1. The van der Waals surface area contributed by atoms with E-state index >= 15 is 0 Å². The molecular formula is C39H50N6O6S. The van der Waals surface area contributed by atoms with Gasteiger partial charge in [-0.1, -0.05) is 49.3 Å². The molecule has 2 aliphatic carbocycles. The number of benzene rings is 2. The number of carbonyl (C=O) groups excluding carboxylic acids is 3. The number of hydrogen-bond donors (Lipinski definition) is 3. The number of amides is 3. The maximum Gasteiger partial charge on any atom is 0.297 e. The van der Waals surface area contributed by atoms with Crippen LogP contribution in [0, 0.1) is 12.8 Å².